The van der Waals surface area contributed by atoms with Gasteiger partial charge in [-0.3, -0.25) is 0 Å². The van der Waals surface area contributed by atoms with Crippen LogP contribution < -0.4 is 5.73 Å². The standard InChI is InChI=1S/C14H9F3N2OS/c15-14(16,17)7-4-5-11-10(6-7)19-13(21-11)8-2-1-3-9(18)12(8)20/h1-6,20H,18H2. The molecule has 0 spiro atoms. The Labute approximate surface area is 121 Å². The lowest BCUT2D eigenvalue weighted by Gasteiger charge is -2.04. The Morgan fingerprint density at radius 1 is 1.14 bits per heavy atom. The molecule has 21 heavy (non-hydrogen) atoms. The van der Waals surface area contributed by atoms with Gasteiger partial charge in [-0.1, -0.05) is 6.07 Å². The molecule has 0 amide bonds. The van der Waals surface area contributed by atoms with Gasteiger partial charge in [-0.2, -0.15) is 13.2 Å². The molecule has 0 saturated carbocycles. The predicted molar refractivity (Wildman–Crippen MR) is 76.1 cm³/mol. The van der Waals surface area contributed by atoms with Crippen molar-refractivity contribution in [2.75, 3.05) is 5.73 Å². The first-order valence-corrected chi connectivity index (χ1v) is 6.73. The second kappa shape index (κ2) is 4.63. The minimum Gasteiger partial charge on any atom is -0.505 e. The predicted octanol–water partition coefficient (Wildman–Crippen LogP) is 4.27. The summed E-state index contributed by atoms with van der Waals surface area (Å²) in [5.41, 5.74) is 5.71. The van der Waals surface area contributed by atoms with E-state index < -0.39 is 11.7 Å². The van der Waals surface area contributed by atoms with Crippen molar-refractivity contribution in [1.82, 2.24) is 4.98 Å². The molecule has 3 rings (SSSR count). The van der Waals surface area contributed by atoms with Gasteiger partial charge >= 0.3 is 6.18 Å². The molecule has 0 fully saturated rings. The van der Waals surface area contributed by atoms with Crippen LogP contribution >= 0.6 is 11.3 Å². The average Bonchev–Trinajstić information content (AvgIpc) is 2.83. The van der Waals surface area contributed by atoms with E-state index in [0.717, 1.165) is 12.1 Å². The molecule has 3 N–H and O–H groups in total. The zero-order valence-corrected chi connectivity index (χ0v) is 11.3. The molecule has 0 aliphatic heterocycles. The third-order valence-corrected chi connectivity index (χ3v) is 4.08. The van der Waals surface area contributed by atoms with E-state index in [0.29, 0.717) is 15.3 Å². The van der Waals surface area contributed by atoms with E-state index in [9.17, 15) is 18.3 Å². The maximum atomic E-state index is 12.7. The first-order valence-electron chi connectivity index (χ1n) is 5.92. The zero-order valence-electron chi connectivity index (χ0n) is 10.5. The largest absolute Gasteiger partial charge is 0.505 e. The average molecular weight is 310 g/mol. The van der Waals surface area contributed by atoms with Gasteiger partial charge < -0.3 is 10.8 Å². The van der Waals surface area contributed by atoms with Gasteiger partial charge in [-0.25, -0.2) is 4.98 Å². The number of nitrogen functional groups attached to an aromatic ring is 1. The fourth-order valence-electron chi connectivity index (χ4n) is 1.95. The van der Waals surface area contributed by atoms with Crippen LogP contribution in [-0.4, -0.2) is 10.1 Å². The van der Waals surface area contributed by atoms with Crippen molar-refractivity contribution >= 4 is 27.2 Å². The quantitative estimate of drug-likeness (QED) is 0.521. The zero-order chi connectivity index (χ0) is 15.2. The molecule has 0 radical (unpaired) electrons. The van der Waals surface area contributed by atoms with E-state index in [2.05, 4.69) is 4.98 Å². The van der Waals surface area contributed by atoms with Crippen LogP contribution in [0.15, 0.2) is 36.4 Å². The number of aromatic hydroxyl groups is 1. The normalized spacial score (nSPS) is 12.0. The third kappa shape index (κ3) is 2.40. The summed E-state index contributed by atoms with van der Waals surface area (Å²) in [7, 11) is 0. The lowest BCUT2D eigenvalue weighted by atomic mass is 10.2. The minimum absolute atomic E-state index is 0.118. The van der Waals surface area contributed by atoms with Gasteiger partial charge in [0.2, 0.25) is 0 Å². The van der Waals surface area contributed by atoms with E-state index in [1.807, 2.05) is 0 Å². The van der Waals surface area contributed by atoms with Crippen LogP contribution in [0.5, 0.6) is 5.75 Å². The Morgan fingerprint density at radius 3 is 2.62 bits per heavy atom. The van der Waals surface area contributed by atoms with Crippen LogP contribution in [0.4, 0.5) is 18.9 Å². The van der Waals surface area contributed by atoms with Crippen molar-refractivity contribution < 1.29 is 18.3 Å². The maximum Gasteiger partial charge on any atom is 0.416 e. The summed E-state index contributed by atoms with van der Waals surface area (Å²) < 4.78 is 38.7. The van der Waals surface area contributed by atoms with Crippen LogP contribution in [0.2, 0.25) is 0 Å². The van der Waals surface area contributed by atoms with Crippen molar-refractivity contribution in [3.63, 3.8) is 0 Å². The summed E-state index contributed by atoms with van der Waals surface area (Å²) in [6.07, 6.45) is -4.41. The fraction of sp³-hybridized carbons (Fsp3) is 0.0714. The highest BCUT2D eigenvalue weighted by atomic mass is 32.1. The molecule has 2 aromatic carbocycles. The Balaban J connectivity index is 2.15. The number of alkyl halides is 3. The second-order valence-corrected chi connectivity index (χ2v) is 5.47. The molecule has 1 aromatic heterocycles. The molecule has 0 unspecified atom stereocenters. The number of hydrogen-bond acceptors (Lipinski definition) is 4. The number of nitrogens with zero attached hydrogens (tertiary/aromatic N) is 1. The van der Waals surface area contributed by atoms with Crippen molar-refractivity contribution in [3.05, 3.63) is 42.0 Å². The van der Waals surface area contributed by atoms with Crippen molar-refractivity contribution in [1.29, 1.82) is 0 Å². The lowest BCUT2D eigenvalue weighted by Crippen LogP contribution is -2.03. The van der Waals surface area contributed by atoms with Gasteiger partial charge in [-0.15, -0.1) is 11.3 Å². The molecule has 0 aliphatic carbocycles. The lowest BCUT2D eigenvalue weighted by molar-refractivity contribution is -0.137. The summed E-state index contributed by atoms with van der Waals surface area (Å²) >= 11 is 1.20. The monoisotopic (exact) mass is 310 g/mol. The number of phenols is 1. The highest BCUT2D eigenvalue weighted by Gasteiger charge is 2.30. The van der Waals surface area contributed by atoms with Gasteiger partial charge in [0.15, 0.2) is 0 Å². The molecule has 7 heteroatoms. The number of nitrogens with two attached hydrogens (primary N) is 1. The van der Waals surface area contributed by atoms with Crippen LogP contribution in [0, 0.1) is 0 Å². The van der Waals surface area contributed by atoms with Crippen molar-refractivity contribution in [3.8, 4) is 16.3 Å². The van der Waals surface area contributed by atoms with Gasteiger partial charge in [0.25, 0.3) is 0 Å². The van der Waals surface area contributed by atoms with Gasteiger partial charge in [0.05, 0.1) is 27.0 Å². The minimum atomic E-state index is -4.41. The number of benzene rings is 2. The number of rotatable bonds is 1. The van der Waals surface area contributed by atoms with Crippen molar-refractivity contribution in [2.45, 2.75) is 6.18 Å². The molecular formula is C14H9F3N2OS. The molecule has 1 heterocycles. The molecule has 0 saturated heterocycles. The van der Waals surface area contributed by atoms with Crippen LogP contribution in [-0.2, 0) is 6.18 Å². The Morgan fingerprint density at radius 2 is 1.90 bits per heavy atom. The topological polar surface area (TPSA) is 59.1 Å². The summed E-state index contributed by atoms with van der Waals surface area (Å²) in [5, 5.41) is 10.3. The van der Waals surface area contributed by atoms with Crippen LogP contribution in [0.25, 0.3) is 20.8 Å². The first-order chi connectivity index (χ1) is 9.86. The number of hydrogen-bond donors (Lipinski definition) is 2. The molecule has 108 valence electrons. The fourth-order valence-corrected chi connectivity index (χ4v) is 2.93. The number of fused-ring (bicyclic) bond motifs is 1. The number of halogens is 3. The number of aromatic nitrogens is 1. The summed E-state index contributed by atoms with van der Waals surface area (Å²) in [6, 6.07) is 8.20. The summed E-state index contributed by atoms with van der Waals surface area (Å²) in [6.45, 7) is 0. The van der Waals surface area contributed by atoms with E-state index in [1.165, 1.54) is 23.5 Å². The molecular weight excluding hydrogens is 301 g/mol. The SMILES string of the molecule is Nc1cccc(-c2nc3cc(C(F)(F)F)ccc3s2)c1O. The number of para-hydroxylation sites is 1. The first kappa shape index (κ1) is 13.7. The van der Waals surface area contributed by atoms with Gasteiger partial charge in [0.1, 0.15) is 10.8 Å². The number of anilines is 1. The summed E-state index contributed by atoms with van der Waals surface area (Å²) in [5.74, 6) is -0.118. The van der Waals surface area contributed by atoms with E-state index >= 15 is 0 Å². The van der Waals surface area contributed by atoms with Gasteiger partial charge in [-0.05, 0) is 30.3 Å². The molecule has 0 bridgehead atoms. The number of phenolic OH excluding ortho intramolecular Hbond substituents is 1. The molecule has 0 aliphatic rings. The molecule has 3 aromatic rings. The van der Waals surface area contributed by atoms with Gasteiger partial charge in [0, 0.05) is 0 Å². The van der Waals surface area contributed by atoms with E-state index in [1.54, 1.807) is 12.1 Å². The van der Waals surface area contributed by atoms with Crippen LogP contribution in [0.1, 0.15) is 5.56 Å². The highest BCUT2D eigenvalue weighted by molar-refractivity contribution is 7.21. The maximum absolute atomic E-state index is 12.7. The number of thiazole rings is 1. The Kier molecular flexibility index (Phi) is 3.02. The van der Waals surface area contributed by atoms with Crippen LogP contribution in [0.3, 0.4) is 0 Å². The Hall–Kier alpha value is -2.28. The smallest absolute Gasteiger partial charge is 0.416 e. The Bertz CT molecular complexity index is 827. The van der Waals surface area contributed by atoms with Crippen molar-refractivity contribution in [2.24, 2.45) is 0 Å². The third-order valence-electron chi connectivity index (χ3n) is 3.01. The van der Waals surface area contributed by atoms with E-state index in [-0.39, 0.29) is 17.0 Å². The highest BCUT2D eigenvalue weighted by Crippen LogP contribution is 2.39. The van der Waals surface area contributed by atoms with E-state index in [4.69, 9.17) is 5.73 Å². The second-order valence-electron chi connectivity index (χ2n) is 4.44. The summed E-state index contributed by atoms with van der Waals surface area (Å²) in [4.78, 5) is 4.16. The molecule has 0 atom stereocenters. The molecule has 3 nitrogen and oxygen atoms in total.